The number of nitrogens with one attached hydrogen (secondary N) is 2. The van der Waals surface area contributed by atoms with Crippen LogP contribution in [-0.2, 0) is 4.79 Å². The lowest BCUT2D eigenvalue weighted by Gasteiger charge is -2.13. The van der Waals surface area contributed by atoms with Crippen LogP contribution in [0.3, 0.4) is 0 Å². The van der Waals surface area contributed by atoms with Crippen LogP contribution in [0, 0.1) is 11.3 Å². The molecule has 130 valence electrons. The molecule has 1 amide bonds. The monoisotopic (exact) mass is 399 g/mol. The number of hydrogen-bond donors (Lipinski definition) is 2. The number of carbonyl (C=O) groups excluding carboxylic acids is 1. The molecular formula is C16H12Cl3N3O3. The second kappa shape index (κ2) is 8.67. The molecule has 0 saturated carbocycles. The van der Waals surface area contributed by atoms with Gasteiger partial charge in [0.05, 0.1) is 34.5 Å². The topological polar surface area (TPSA) is 83.4 Å². The first kappa shape index (κ1) is 19.0. The number of nitrogens with zero attached hydrogens (tertiary/aromatic N) is 1. The van der Waals surface area contributed by atoms with Crippen LogP contribution >= 0.6 is 34.8 Å². The molecule has 2 N–H and O–H groups in total. The number of amides is 1. The van der Waals surface area contributed by atoms with Gasteiger partial charge in [0.15, 0.2) is 18.1 Å². The number of hydrazine groups is 1. The van der Waals surface area contributed by atoms with Crippen molar-refractivity contribution in [3.8, 4) is 17.6 Å². The summed E-state index contributed by atoms with van der Waals surface area (Å²) in [6, 6.07) is 9.58. The molecule has 25 heavy (non-hydrogen) atoms. The maximum absolute atomic E-state index is 11.9. The zero-order chi connectivity index (χ0) is 18.4. The summed E-state index contributed by atoms with van der Waals surface area (Å²) in [5.74, 6) is 0.205. The molecule has 0 heterocycles. The highest BCUT2D eigenvalue weighted by Gasteiger charge is 2.11. The normalized spacial score (nSPS) is 9.88. The first-order valence-corrected chi connectivity index (χ1v) is 7.98. The van der Waals surface area contributed by atoms with Gasteiger partial charge in [-0.25, -0.2) is 0 Å². The molecule has 2 aromatic carbocycles. The summed E-state index contributed by atoms with van der Waals surface area (Å²) in [6.07, 6.45) is 0. The molecule has 0 aliphatic rings. The van der Waals surface area contributed by atoms with Gasteiger partial charge in [0.25, 0.3) is 5.91 Å². The van der Waals surface area contributed by atoms with Gasteiger partial charge in [-0.2, -0.15) is 5.26 Å². The first-order valence-electron chi connectivity index (χ1n) is 6.85. The smallest absolute Gasteiger partial charge is 0.276 e. The molecule has 0 spiro atoms. The third-order valence-electron chi connectivity index (χ3n) is 2.99. The van der Waals surface area contributed by atoms with Crippen molar-refractivity contribution in [3.05, 3.63) is 51.0 Å². The van der Waals surface area contributed by atoms with E-state index in [4.69, 9.17) is 49.5 Å². The molecule has 0 aliphatic heterocycles. The zero-order valence-electron chi connectivity index (χ0n) is 12.9. The van der Waals surface area contributed by atoms with Crippen LogP contribution in [0.25, 0.3) is 0 Å². The molecule has 0 atom stereocenters. The minimum absolute atomic E-state index is 0.257. The molecule has 0 aromatic heterocycles. The Kier molecular flexibility index (Phi) is 6.59. The van der Waals surface area contributed by atoms with Crippen molar-refractivity contribution >= 4 is 46.4 Å². The zero-order valence-corrected chi connectivity index (χ0v) is 15.2. The van der Waals surface area contributed by atoms with Crippen molar-refractivity contribution in [2.45, 2.75) is 0 Å². The Bertz CT molecular complexity index is 814. The van der Waals surface area contributed by atoms with Gasteiger partial charge < -0.3 is 9.47 Å². The molecule has 0 unspecified atom stereocenters. The number of anilines is 1. The van der Waals surface area contributed by atoms with E-state index in [2.05, 4.69) is 10.9 Å². The highest BCUT2D eigenvalue weighted by Crippen LogP contribution is 2.33. The largest absolute Gasteiger partial charge is 0.493 e. The summed E-state index contributed by atoms with van der Waals surface area (Å²) in [6.45, 7) is -0.294. The van der Waals surface area contributed by atoms with Crippen LogP contribution in [0.2, 0.25) is 15.1 Å². The molecule has 2 aromatic rings. The number of benzene rings is 2. The van der Waals surface area contributed by atoms with E-state index in [0.717, 1.165) is 0 Å². The predicted molar refractivity (Wildman–Crippen MR) is 96.4 cm³/mol. The molecule has 6 nitrogen and oxygen atoms in total. The number of halogens is 3. The summed E-state index contributed by atoms with van der Waals surface area (Å²) in [7, 11) is 1.44. The fourth-order valence-electron chi connectivity index (χ4n) is 1.83. The Morgan fingerprint density at radius 1 is 1.16 bits per heavy atom. The maximum Gasteiger partial charge on any atom is 0.276 e. The summed E-state index contributed by atoms with van der Waals surface area (Å²) in [4.78, 5) is 11.9. The number of hydrogen-bond acceptors (Lipinski definition) is 5. The molecule has 0 fully saturated rings. The van der Waals surface area contributed by atoms with Gasteiger partial charge in [-0.15, -0.1) is 0 Å². The maximum atomic E-state index is 11.9. The quantitative estimate of drug-likeness (QED) is 0.715. The predicted octanol–water partition coefficient (Wildman–Crippen LogP) is 4.05. The van der Waals surface area contributed by atoms with Gasteiger partial charge in [0, 0.05) is 11.1 Å². The molecular weight excluding hydrogens is 389 g/mol. The van der Waals surface area contributed by atoms with E-state index in [1.807, 2.05) is 6.07 Å². The van der Waals surface area contributed by atoms with Crippen LogP contribution in [0.1, 0.15) is 5.56 Å². The van der Waals surface area contributed by atoms with Crippen LogP contribution in [0.15, 0.2) is 30.3 Å². The lowest BCUT2D eigenvalue weighted by atomic mass is 10.2. The SMILES string of the molecule is COc1cc(C#N)ccc1OCC(=O)NNc1c(Cl)cc(Cl)cc1Cl. The van der Waals surface area contributed by atoms with E-state index in [1.54, 1.807) is 12.1 Å². The minimum Gasteiger partial charge on any atom is -0.493 e. The number of carbonyl (C=O) groups is 1. The van der Waals surface area contributed by atoms with Crippen LogP contribution in [0.4, 0.5) is 5.69 Å². The highest BCUT2D eigenvalue weighted by atomic mass is 35.5. The number of rotatable bonds is 6. The highest BCUT2D eigenvalue weighted by molar-refractivity contribution is 6.41. The number of methoxy groups -OCH3 is 1. The van der Waals surface area contributed by atoms with Crippen molar-refractivity contribution in [2.24, 2.45) is 0 Å². The Morgan fingerprint density at radius 2 is 1.84 bits per heavy atom. The summed E-state index contributed by atoms with van der Waals surface area (Å²) in [5, 5.41) is 9.75. The van der Waals surface area contributed by atoms with E-state index in [0.29, 0.717) is 27.8 Å². The average molecular weight is 401 g/mol. The van der Waals surface area contributed by atoms with Gasteiger partial charge in [-0.3, -0.25) is 15.6 Å². The van der Waals surface area contributed by atoms with E-state index in [-0.39, 0.29) is 16.7 Å². The minimum atomic E-state index is -0.478. The van der Waals surface area contributed by atoms with Gasteiger partial charge >= 0.3 is 0 Å². The molecule has 9 heteroatoms. The van der Waals surface area contributed by atoms with Crippen molar-refractivity contribution in [3.63, 3.8) is 0 Å². The Hall–Kier alpha value is -2.33. The second-order valence-electron chi connectivity index (χ2n) is 4.68. The van der Waals surface area contributed by atoms with Gasteiger partial charge in [0.2, 0.25) is 0 Å². The summed E-state index contributed by atoms with van der Waals surface area (Å²) >= 11 is 17.8. The van der Waals surface area contributed by atoms with E-state index >= 15 is 0 Å². The summed E-state index contributed by atoms with van der Waals surface area (Å²) in [5.41, 5.74) is 5.76. The fourth-order valence-corrected chi connectivity index (χ4v) is 2.74. The molecule has 0 bridgehead atoms. The molecule has 0 radical (unpaired) electrons. The van der Waals surface area contributed by atoms with Crippen molar-refractivity contribution in [1.82, 2.24) is 5.43 Å². The van der Waals surface area contributed by atoms with Crippen LogP contribution in [0.5, 0.6) is 11.5 Å². The van der Waals surface area contributed by atoms with Crippen molar-refractivity contribution in [2.75, 3.05) is 19.1 Å². The molecule has 2 rings (SSSR count). The van der Waals surface area contributed by atoms with Gasteiger partial charge in [-0.1, -0.05) is 34.8 Å². The lowest BCUT2D eigenvalue weighted by Crippen LogP contribution is -2.33. The molecule has 0 aliphatic carbocycles. The number of nitriles is 1. The van der Waals surface area contributed by atoms with Crippen LogP contribution in [-0.4, -0.2) is 19.6 Å². The second-order valence-corrected chi connectivity index (χ2v) is 5.93. The Balaban J connectivity index is 1.95. The average Bonchev–Trinajstić information content (AvgIpc) is 2.58. The van der Waals surface area contributed by atoms with Gasteiger partial charge in [0.1, 0.15) is 0 Å². The van der Waals surface area contributed by atoms with E-state index < -0.39 is 5.91 Å². The van der Waals surface area contributed by atoms with E-state index in [1.165, 1.54) is 25.3 Å². The Morgan fingerprint density at radius 3 is 2.44 bits per heavy atom. The van der Waals surface area contributed by atoms with Crippen LogP contribution < -0.4 is 20.3 Å². The third kappa shape index (κ3) is 5.07. The standard InChI is InChI=1S/C16H12Cl3N3O3/c1-24-14-4-9(7-20)2-3-13(14)25-8-15(23)21-22-16-11(18)5-10(17)6-12(16)19/h2-6,22H,8H2,1H3,(H,21,23). The lowest BCUT2D eigenvalue weighted by molar-refractivity contribution is -0.122. The van der Waals surface area contributed by atoms with E-state index in [9.17, 15) is 4.79 Å². The van der Waals surface area contributed by atoms with Crippen molar-refractivity contribution < 1.29 is 14.3 Å². The number of ether oxygens (including phenoxy) is 2. The van der Waals surface area contributed by atoms with Crippen molar-refractivity contribution in [1.29, 1.82) is 5.26 Å². The fraction of sp³-hybridized carbons (Fsp3) is 0.125. The molecule has 0 saturated heterocycles. The first-order chi connectivity index (χ1) is 11.9. The summed E-state index contributed by atoms with van der Waals surface area (Å²) < 4.78 is 10.5. The Labute approximate surface area is 159 Å². The third-order valence-corrected chi connectivity index (χ3v) is 3.80. The van der Waals surface area contributed by atoms with Gasteiger partial charge in [-0.05, 0) is 24.3 Å².